The lowest BCUT2D eigenvalue weighted by atomic mass is 9.92. The largest absolute Gasteiger partial charge is 0.292 e. The Morgan fingerprint density at radius 2 is 1.05 bits per heavy atom. The van der Waals surface area contributed by atoms with Gasteiger partial charge < -0.3 is 0 Å². The molecule has 1 aliphatic heterocycles. The third kappa shape index (κ3) is 6.59. The van der Waals surface area contributed by atoms with Gasteiger partial charge in [-0.15, -0.1) is 0 Å². The average Bonchev–Trinajstić information content (AvgIpc) is 3.97. The molecule has 11 aromatic rings. The minimum atomic E-state index is 0.0354. The second-order valence-corrected chi connectivity index (χ2v) is 16.2. The van der Waals surface area contributed by atoms with Gasteiger partial charge in [0.15, 0.2) is 12.0 Å². The zero-order valence-electron chi connectivity index (χ0n) is 34.8. The highest BCUT2D eigenvalue weighted by Gasteiger charge is 2.35. The third-order valence-electron chi connectivity index (χ3n) is 12.4. The summed E-state index contributed by atoms with van der Waals surface area (Å²) >= 11 is 0. The first-order chi connectivity index (χ1) is 31.7. The zero-order valence-corrected chi connectivity index (χ0v) is 34.8. The first-order valence-electron chi connectivity index (χ1n) is 21.7. The summed E-state index contributed by atoms with van der Waals surface area (Å²) in [5.74, 6) is 1.56. The van der Waals surface area contributed by atoms with Crippen LogP contribution < -0.4 is 0 Å². The molecule has 0 N–H and O–H groups in total. The fraction of sp³-hybridized carbons (Fsp3) is 0.0169. The van der Waals surface area contributed by atoms with Crippen LogP contribution in [0.25, 0.3) is 83.9 Å². The summed E-state index contributed by atoms with van der Waals surface area (Å²) in [6.45, 7) is 0. The molecule has 5 heteroatoms. The SMILES string of the molecule is C1=[N+](c2ccccc2)C(c2ccc(-c3nc(-c4ccc(-n5c(-c6ccccc6)nc6ccccc65)cc4)nc4c(-c5ccccc5)cc(-c5ccccc5)cc34)cc2)c2ccccc21. The van der Waals surface area contributed by atoms with Crippen LogP contribution in [0.5, 0.6) is 0 Å². The van der Waals surface area contributed by atoms with Crippen LogP contribution in [0.2, 0.25) is 0 Å². The molecule has 0 saturated carbocycles. The number of nitrogens with zero attached hydrogens (tertiary/aromatic N) is 5. The lowest BCUT2D eigenvalue weighted by molar-refractivity contribution is -0.469. The van der Waals surface area contributed by atoms with Crippen LogP contribution in [0.1, 0.15) is 22.7 Å². The number of fused-ring (bicyclic) bond motifs is 3. The molecular weight excluding hydrogens is 779 g/mol. The molecule has 5 nitrogen and oxygen atoms in total. The van der Waals surface area contributed by atoms with Crippen molar-refractivity contribution in [3.8, 4) is 62.0 Å². The van der Waals surface area contributed by atoms with Gasteiger partial charge in [0.25, 0.3) is 0 Å². The minimum Gasteiger partial charge on any atom is -0.292 e. The van der Waals surface area contributed by atoms with Crippen LogP contribution in [0, 0.1) is 0 Å². The Kier molecular flexibility index (Phi) is 9.16. The van der Waals surface area contributed by atoms with E-state index in [-0.39, 0.29) is 6.04 Å². The van der Waals surface area contributed by atoms with Crippen LogP contribution in [0.15, 0.2) is 231 Å². The molecule has 12 rings (SSSR count). The average molecular weight is 819 g/mol. The fourth-order valence-corrected chi connectivity index (χ4v) is 9.28. The van der Waals surface area contributed by atoms with E-state index in [0.29, 0.717) is 5.82 Å². The Balaban J connectivity index is 1.03. The molecule has 2 aromatic heterocycles. The van der Waals surface area contributed by atoms with Crippen molar-refractivity contribution in [1.82, 2.24) is 19.5 Å². The molecule has 1 aliphatic rings. The monoisotopic (exact) mass is 818 g/mol. The van der Waals surface area contributed by atoms with E-state index in [2.05, 4.69) is 234 Å². The van der Waals surface area contributed by atoms with Crippen molar-refractivity contribution in [1.29, 1.82) is 0 Å². The molecule has 64 heavy (non-hydrogen) atoms. The van der Waals surface area contributed by atoms with E-state index in [9.17, 15) is 0 Å². The van der Waals surface area contributed by atoms with Gasteiger partial charge in [-0.05, 0) is 71.3 Å². The third-order valence-corrected chi connectivity index (χ3v) is 12.4. The first kappa shape index (κ1) is 37.2. The van der Waals surface area contributed by atoms with E-state index >= 15 is 0 Å². The number of aromatic nitrogens is 4. The first-order valence-corrected chi connectivity index (χ1v) is 21.7. The quantitative estimate of drug-likeness (QED) is 0.144. The number of hydrogen-bond acceptors (Lipinski definition) is 3. The molecule has 3 heterocycles. The normalized spacial score (nSPS) is 13.2. The summed E-state index contributed by atoms with van der Waals surface area (Å²) in [4.78, 5) is 16.0. The standard InChI is InChI=1S/C59H40N5/c1-5-17-40(18-6-1)47-37-51(41-19-7-2-8-20-41)56-52(38-47)55(42-29-31-43(32-30-42)57-50-26-14-13-23-46(50)39-63(57)48-24-11-4-12-25-48)61-58(62-56)44-33-35-49(36-34-44)64-54-28-16-15-27-53(54)60-59(64)45-21-9-3-10-22-45/h1-39,57H/q+1. The summed E-state index contributed by atoms with van der Waals surface area (Å²) in [7, 11) is 0. The van der Waals surface area contributed by atoms with E-state index in [1.54, 1.807) is 0 Å². The zero-order chi connectivity index (χ0) is 42.4. The van der Waals surface area contributed by atoms with E-state index < -0.39 is 0 Å². The van der Waals surface area contributed by atoms with E-state index in [1.807, 2.05) is 12.1 Å². The Labute approximate surface area is 371 Å². The Bertz CT molecular complexity index is 3510. The van der Waals surface area contributed by atoms with E-state index in [1.165, 1.54) is 16.7 Å². The van der Waals surface area contributed by atoms with Crippen molar-refractivity contribution >= 4 is 33.8 Å². The molecule has 0 radical (unpaired) electrons. The van der Waals surface area contributed by atoms with Crippen molar-refractivity contribution in [3.05, 3.63) is 247 Å². The molecule has 1 atom stereocenters. The summed E-state index contributed by atoms with van der Waals surface area (Å²) in [5, 5.41) is 0.996. The van der Waals surface area contributed by atoms with Crippen LogP contribution in [-0.4, -0.2) is 30.3 Å². The number of imidazole rings is 1. The predicted octanol–water partition coefficient (Wildman–Crippen LogP) is 14.2. The second kappa shape index (κ2) is 15.7. The topological polar surface area (TPSA) is 46.6 Å². The van der Waals surface area contributed by atoms with E-state index in [4.69, 9.17) is 15.0 Å². The van der Waals surface area contributed by atoms with Gasteiger partial charge in [-0.1, -0.05) is 164 Å². The highest BCUT2D eigenvalue weighted by Crippen LogP contribution is 2.41. The number of para-hydroxylation sites is 3. The molecule has 0 bridgehead atoms. The van der Waals surface area contributed by atoms with Crippen molar-refractivity contribution in [2.45, 2.75) is 6.04 Å². The molecule has 0 amide bonds. The molecular formula is C59H40N5+. The lowest BCUT2D eigenvalue weighted by Gasteiger charge is -2.16. The maximum absolute atomic E-state index is 5.50. The molecule has 300 valence electrons. The molecule has 1 unspecified atom stereocenters. The van der Waals surface area contributed by atoms with Crippen molar-refractivity contribution in [2.75, 3.05) is 0 Å². The number of benzene rings is 9. The van der Waals surface area contributed by atoms with Gasteiger partial charge in [0.05, 0.1) is 22.2 Å². The van der Waals surface area contributed by atoms with Crippen LogP contribution >= 0.6 is 0 Å². The van der Waals surface area contributed by atoms with Gasteiger partial charge in [-0.3, -0.25) is 4.57 Å². The van der Waals surface area contributed by atoms with Gasteiger partial charge in [0.1, 0.15) is 5.82 Å². The summed E-state index contributed by atoms with van der Waals surface area (Å²) < 4.78 is 4.62. The second-order valence-electron chi connectivity index (χ2n) is 16.2. The van der Waals surface area contributed by atoms with Crippen LogP contribution in [0.3, 0.4) is 0 Å². The molecule has 0 spiro atoms. The summed E-state index contributed by atoms with van der Waals surface area (Å²) in [5.41, 5.74) is 17.1. The molecule has 0 saturated heterocycles. The minimum absolute atomic E-state index is 0.0354. The van der Waals surface area contributed by atoms with Gasteiger partial charge in [-0.25, -0.2) is 15.0 Å². The van der Waals surface area contributed by atoms with Gasteiger partial charge in [0.2, 0.25) is 11.7 Å². The maximum Gasteiger partial charge on any atom is 0.210 e. The fourth-order valence-electron chi connectivity index (χ4n) is 9.28. The van der Waals surface area contributed by atoms with Crippen LogP contribution in [-0.2, 0) is 0 Å². The van der Waals surface area contributed by atoms with Gasteiger partial charge in [0, 0.05) is 62.2 Å². The summed E-state index contributed by atoms with van der Waals surface area (Å²) in [6, 6.07) is 81.4. The lowest BCUT2D eigenvalue weighted by Crippen LogP contribution is -2.11. The summed E-state index contributed by atoms with van der Waals surface area (Å²) in [6.07, 6.45) is 2.27. The Hall–Kier alpha value is -8.54. The smallest absolute Gasteiger partial charge is 0.210 e. The number of hydrogen-bond donors (Lipinski definition) is 0. The Morgan fingerprint density at radius 1 is 0.438 bits per heavy atom. The number of rotatable bonds is 8. The van der Waals surface area contributed by atoms with E-state index in [0.717, 1.165) is 83.8 Å². The van der Waals surface area contributed by atoms with Crippen LogP contribution in [0.4, 0.5) is 5.69 Å². The highest BCUT2D eigenvalue weighted by molar-refractivity contribution is 6.04. The molecule has 0 aliphatic carbocycles. The van der Waals surface area contributed by atoms with Crippen molar-refractivity contribution in [2.24, 2.45) is 0 Å². The highest BCUT2D eigenvalue weighted by atomic mass is 15.1. The van der Waals surface area contributed by atoms with Gasteiger partial charge in [-0.2, -0.15) is 4.58 Å². The Morgan fingerprint density at radius 3 is 1.78 bits per heavy atom. The predicted molar refractivity (Wildman–Crippen MR) is 261 cm³/mol. The maximum atomic E-state index is 5.50. The molecule has 0 fully saturated rings. The molecule has 9 aromatic carbocycles. The van der Waals surface area contributed by atoms with Gasteiger partial charge >= 0.3 is 0 Å². The van der Waals surface area contributed by atoms with Crippen molar-refractivity contribution in [3.63, 3.8) is 0 Å². The van der Waals surface area contributed by atoms with Crippen molar-refractivity contribution < 1.29 is 4.58 Å².